The van der Waals surface area contributed by atoms with Crippen molar-refractivity contribution in [2.75, 3.05) is 18.6 Å². The Morgan fingerprint density at radius 1 is 1.53 bits per heavy atom. The molecule has 0 aliphatic rings. The second-order valence-electron chi connectivity index (χ2n) is 4.38. The molecule has 102 valence electrons. The number of hydrogen-bond acceptors (Lipinski definition) is 3. The molecule has 4 heteroatoms. The van der Waals surface area contributed by atoms with Gasteiger partial charge in [0, 0.05) is 17.4 Å². The maximum Gasteiger partial charge on any atom is 0.252 e. The van der Waals surface area contributed by atoms with Gasteiger partial charge >= 0.3 is 0 Å². The molecule has 1 unspecified atom stereocenters. The van der Waals surface area contributed by atoms with E-state index in [1.807, 2.05) is 38.3 Å². The Morgan fingerprint density at radius 3 is 2.89 bits per heavy atom. The lowest BCUT2D eigenvalue weighted by Crippen LogP contribution is -2.34. The zero-order valence-corrected chi connectivity index (χ0v) is 12.4. The number of carbonyl (C=O) groups is 1. The molecule has 1 atom stereocenters. The Morgan fingerprint density at radius 2 is 2.26 bits per heavy atom. The van der Waals surface area contributed by atoms with Crippen LogP contribution in [0.15, 0.2) is 18.2 Å². The normalized spacial score (nSPS) is 11.4. The lowest BCUT2D eigenvalue weighted by atomic mass is 10.0. The van der Waals surface area contributed by atoms with Crippen molar-refractivity contribution in [1.29, 1.82) is 0 Å². The van der Waals surface area contributed by atoms with Gasteiger partial charge in [-0.1, -0.05) is 23.5 Å². The highest BCUT2D eigenvalue weighted by atomic mass is 32.2. The highest BCUT2D eigenvalue weighted by Crippen LogP contribution is 2.11. The summed E-state index contributed by atoms with van der Waals surface area (Å²) >= 11 is 1.71. The van der Waals surface area contributed by atoms with Crippen LogP contribution in [-0.2, 0) is 0 Å². The fourth-order valence-corrected chi connectivity index (χ4v) is 2.28. The van der Waals surface area contributed by atoms with Crippen molar-refractivity contribution < 1.29 is 4.79 Å². The van der Waals surface area contributed by atoms with Gasteiger partial charge in [-0.05, 0) is 32.2 Å². The lowest BCUT2D eigenvalue weighted by molar-refractivity contribution is 0.0943. The van der Waals surface area contributed by atoms with E-state index in [1.165, 1.54) is 0 Å². The summed E-state index contributed by atoms with van der Waals surface area (Å²) in [4.78, 5) is 12.2. The molecular weight excluding hydrogens is 256 g/mol. The van der Waals surface area contributed by atoms with E-state index >= 15 is 0 Å². The van der Waals surface area contributed by atoms with Crippen molar-refractivity contribution in [2.45, 2.75) is 19.9 Å². The van der Waals surface area contributed by atoms with Crippen LogP contribution in [0, 0.1) is 18.8 Å². The zero-order valence-electron chi connectivity index (χ0n) is 11.6. The highest BCUT2D eigenvalue weighted by molar-refractivity contribution is 7.98. The summed E-state index contributed by atoms with van der Waals surface area (Å²) in [6, 6.07) is 5.81. The van der Waals surface area contributed by atoms with Crippen molar-refractivity contribution in [3.05, 3.63) is 34.9 Å². The Balaban J connectivity index is 2.97. The van der Waals surface area contributed by atoms with Gasteiger partial charge in [0.1, 0.15) is 0 Å². The van der Waals surface area contributed by atoms with Crippen molar-refractivity contribution in [3.63, 3.8) is 0 Å². The maximum atomic E-state index is 12.2. The summed E-state index contributed by atoms with van der Waals surface area (Å²) < 4.78 is 0. The molecule has 1 aromatic carbocycles. The average Bonchev–Trinajstić information content (AvgIpc) is 2.37. The van der Waals surface area contributed by atoms with Crippen LogP contribution in [0.3, 0.4) is 0 Å². The van der Waals surface area contributed by atoms with Gasteiger partial charge in [-0.3, -0.25) is 4.79 Å². The number of benzene rings is 1. The van der Waals surface area contributed by atoms with Crippen LogP contribution >= 0.6 is 11.8 Å². The molecular formula is C15H20N2OS. The minimum atomic E-state index is -0.0772. The summed E-state index contributed by atoms with van der Waals surface area (Å²) in [5.74, 6) is 6.55. The first-order valence-electron chi connectivity index (χ1n) is 6.18. The monoisotopic (exact) mass is 276 g/mol. The van der Waals surface area contributed by atoms with E-state index in [4.69, 9.17) is 5.73 Å². The predicted molar refractivity (Wildman–Crippen MR) is 82.4 cm³/mol. The number of rotatable bonds is 4. The van der Waals surface area contributed by atoms with Crippen LogP contribution in [0.25, 0.3) is 0 Å². The standard InChI is InChI=1S/C15H20N2OS/c1-11-6-7-13(5-4-8-16)14(9-11)15(18)17-12(2)10-19-3/h6-7,9,12H,8,10,16H2,1-3H3,(H,17,18). The molecule has 0 fully saturated rings. The summed E-state index contributed by atoms with van der Waals surface area (Å²) in [6.45, 7) is 4.25. The number of nitrogens with two attached hydrogens (primary N) is 1. The smallest absolute Gasteiger partial charge is 0.252 e. The van der Waals surface area contributed by atoms with Crippen molar-refractivity contribution in [1.82, 2.24) is 5.32 Å². The van der Waals surface area contributed by atoms with Crippen molar-refractivity contribution >= 4 is 17.7 Å². The maximum absolute atomic E-state index is 12.2. The molecule has 0 heterocycles. The van der Waals surface area contributed by atoms with Gasteiger partial charge in [0.2, 0.25) is 0 Å². The number of thioether (sulfide) groups is 1. The Bertz CT molecular complexity index is 503. The van der Waals surface area contributed by atoms with E-state index < -0.39 is 0 Å². The quantitative estimate of drug-likeness (QED) is 0.824. The molecule has 0 aliphatic carbocycles. The minimum Gasteiger partial charge on any atom is -0.349 e. The number of amides is 1. The fraction of sp³-hybridized carbons (Fsp3) is 0.400. The molecule has 1 amide bonds. The molecule has 0 saturated heterocycles. The van der Waals surface area contributed by atoms with Gasteiger partial charge in [0.15, 0.2) is 0 Å². The number of carbonyl (C=O) groups excluding carboxylic acids is 1. The molecule has 1 aromatic rings. The molecule has 0 aromatic heterocycles. The highest BCUT2D eigenvalue weighted by Gasteiger charge is 2.13. The Hall–Kier alpha value is -1.44. The van der Waals surface area contributed by atoms with E-state index in [1.54, 1.807) is 11.8 Å². The first kappa shape index (κ1) is 15.6. The molecule has 0 bridgehead atoms. The Labute approximate surface area is 119 Å². The van der Waals surface area contributed by atoms with E-state index in [9.17, 15) is 4.79 Å². The number of hydrogen-bond donors (Lipinski definition) is 2. The SMILES string of the molecule is CSCC(C)NC(=O)c1cc(C)ccc1C#CCN. The third-order valence-electron chi connectivity index (χ3n) is 2.54. The first-order chi connectivity index (χ1) is 9.08. The third-order valence-corrected chi connectivity index (χ3v) is 3.37. The van der Waals surface area contributed by atoms with Gasteiger partial charge in [-0.15, -0.1) is 0 Å². The van der Waals surface area contributed by atoms with Crippen LogP contribution in [0.1, 0.15) is 28.4 Å². The first-order valence-corrected chi connectivity index (χ1v) is 7.57. The van der Waals surface area contributed by atoms with E-state index in [0.717, 1.165) is 16.9 Å². The number of aryl methyl sites for hydroxylation is 1. The molecule has 0 saturated carbocycles. The molecule has 0 spiro atoms. The van der Waals surface area contributed by atoms with Crippen LogP contribution in [0.4, 0.5) is 0 Å². The Kier molecular flexibility index (Phi) is 6.48. The van der Waals surface area contributed by atoms with Gasteiger partial charge < -0.3 is 11.1 Å². The molecule has 19 heavy (non-hydrogen) atoms. The van der Waals surface area contributed by atoms with E-state index in [0.29, 0.717) is 5.56 Å². The van der Waals surface area contributed by atoms with Crippen molar-refractivity contribution in [3.8, 4) is 11.8 Å². The summed E-state index contributed by atoms with van der Waals surface area (Å²) in [6.07, 6.45) is 2.02. The lowest BCUT2D eigenvalue weighted by Gasteiger charge is -2.13. The van der Waals surface area contributed by atoms with Crippen LogP contribution in [0.2, 0.25) is 0 Å². The average molecular weight is 276 g/mol. The van der Waals surface area contributed by atoms with E-state index in [2.05, 4.69) is 17.2 Å². The van der Waals surface area contributed by atoms with Crippen molar-refractivity contribution in [2.24, 2.45) is 5.73 Å². The molecule has 3 N–H and O–H groups in total. The molecule has 3 nitrogen and oxygen atoms in total. The van der Waals surface area contributed by atoms with Crippen LogP contribution < -0.4 is 11.1 Å². The summed E-state index contributed by atoms with van der Waals surface area (Å²) in [5.41, 5.74) is 7.76. The van der Waals surface area contributed by atoms with Crippen LogP contribution in [-0.4, -0.2) is 30.5 Å². The molecule has 1 rings (SSSR count). The fourth-order valence-electron chi connectivity index (χ4n) is 1.69. The second kappa shape index (κ2) is 7.88. The summed E-state index contributed by atoms with van der Waals surface area (Å²) in [7, 11) is 0. The summed E-state index contributed by atoms with van der Waals surface area (Å²) in [5, 5.41) is 2.98. The zero-order chi connectivity index (χ0) is 14.3. The van der Waals surface area contributed by atoms with Gasteiger partial charge in [-0.25, -0.2) is 0 Å². The molecule has 0 aliphatic heterocycles. The van der Waals surface area contributed by atoms with Crippen LogP contribution in [0.5, 0.6) is 0 Å². The van der Waals surface area contributed by atoms with Gasteiger partial charge in [0.25, 0.3) is 5.91 Å². The van der Waals surface area contributed by atoms with Gasteiger partial charge in [0.05, 0.1) is 12.1 Å². The largest absolute Gasteiger partial charge is 0.349 e. The number of nitrogens with one attached hydrogen (secondary N) is 1. The topological polar surface area (TPSA) is 55.1 Å². The minimum absolute atomic E-state index is 0.0772. The molecule has 0 radical (unpaired) electrons. The second-order valence-corrected chi connectivity index (χ2v) is 5.30. The third kappa shape index (κ3) is 4.98. The van der Waals surface area contributed by atoms with E-state index in [-0.39, 0.29) is 18.5 Å². The van der Waals surface area contributed by atoms with Gasteiger partial charge in [-0.2, -0.15) is 11.8 Å². The predicted octanol–water partition coefficient (Wildman–Crippen LogP) is 1.79.